The largest absolute Gasteiger partial charge is 0.371 e. The first-order valence-corrected chi connectivity index (χ1v) is 10.8. The van der Waals surface area contributed by atoms with E-state index in [0.717, 1.165) is 37.1 Å². The maximum atomic E-state index is 13.1. The Morgan fingerprint density at radius 1 is 1.10 bits per heavy atom. The zero-order chi connectivity index (χ0) is 22.0. The van der Waals surface area contributed by atoms with Crippen molar-refractivity contribution in [2.24, 2.45) is 0 Å². The van der Waals surface area contributed by atoms with Crippen molar-refractivity contribution in [1.29, 1.82) is 0 Å². The van der Waals surface area contributed by atoms with Gasteiger partial charge >= 0.3 is 0 Å². The number of amides is 2. The van der Waals surface area contributed by atoms with Crippen LogP contribution in [0.15, 0.2) is 36.4 Å². The normalized spacial score (nSPS) is 13.8. The summed E-state index contributed by atoms with van der Waals surface area (Å²) in [7, 11) is 0. The molecule has 1 aliphatic rings. The number of piperidine rings is 1. The molecule has 9 nitrogen and oxygen atoms in total. The Hall–Kier alpha value is -3.53. The maximum Gasteiger partial charge on any atom is 0.270 e. The maximum absolute atomic E-state index is 13.1. The first kappa shape index (κ1) is 20.7. The van der Waals surface area contributed by atoms with Gasteiger partial charge in [-0.15, -0.1) is 0 Å². The molecule has 2 aromatic carbocycles. The molecular formula is C21H21N5O4S. The van der Waals surface area contributed by atoms with Crippen LogP contribution >= 0.6 is 11.3 Å². The van der Waals surface area contributed by atoms with Crippen LogP contribution in [-0.4, -0.2) is 34.8 Å². The minimum Gasteiger partial charge on any atom is -0.371 e. The van der Waals surface area contributed by atoms with E-state index in [1.807, 2.05) is 0 Å². The lowest BCUT2D eigenvalue weighted by Crippen LogP contribution is -2.31. The van der Waals surface area contributed by atoms with Crippen LogP contribution in [0.2, 0.25) is 0 Å². The second-order valence-electron chi connectivity index (χ2n) is 7.34. The molecule has 1 aliphatic heterocycles. The average Bonchev–Trinajstić information content (AvgIpc) is 3.14. The highest BCUT2D eigenvalue weighted by atomic mass is 32.1. The fraction of sp³-hybridized carbons (Fsp3) is 0.286. The van der Waals surface area contributed by atoms with Gasteiger partial charge in [0, 0.05) is 37.8 Å². The quantitative estimate of drug-likeness (QED) is 0.449. The Balaban J connectivity index is 1.63. The van der Waals surface area contributed by atoms with E-state index in [2.05, 4.69) is 20.5 Å². The van der Waals surface area contributed by atoms with Crippen LogP contribution in [0, 0.1) is 10.1 Å². The lowest BCUT2D eigenvalue weighted by atomic mass is 10.1. The molecule has 0 aliphatic carbocycles. The molecule has 0 radical (unpaired) electrons. The molecule has 160 valence electrons. The second-order valence-corrected chi connectivity index (χ2v) is 8.37. The van der Waals surface area contributed by atoms with Crippen molar-refractivity contribution in [1.82, 2.24) is 4.98 Å². The first-order valence-electron chi connectivity index (χ1n) is 9.93. The molecule has 1 saturated heterocycles. The molecule has 2 N–H and O–H groups in total. The number of thiazole rings is 1. The third kappa shape index (κ3) is 4.64. The molecule has 1 aromatic heterocycles. The molecule has 4 rings (SSSR count). The summed E-state index contributed by atoms with van der Waals surface area (Å²) in [5.41, 5.74) is 2.15. The summed E-state index contributed by atoms with van der Waals surface area (Å²) in [6.45, 7) is 3.05. The smallest absolute Gasteiger partial charge is 0.270 e. The van der Waals surface area contributed by atoms with Crippen molar-refractivity contribution in [2.75, 3.05) is 28.6 Å². The van der Waals surface area contributed by atoms with E-state index >= 15 is 0 Å². The molecule has 3 aromatic rings. The molecule has 0 atom stereocenters. The molecule has 10 heteroatoms. The molecule has 31 heavy (non-hydrogen) atoms. The summed E-state index contributed by atoms with van der Waals surface area (Å²) in [4.78, 5) is 41.6. The third-order valence-corrected chi connectivity index (χ3v) is 6.00. The van der Waals surface area contributed by atoms with E-state index in [1.165, 1.54) is 30.4 Å². The Morgan fingerprint density at radius 2 is 1.87 bits per heavy atom. The predicted octanol–water partition coefficient (Wildman–Crippen LogP) is 4.41. The Morgan fingerprint density at radius 3 is 2.58 bits per heavy atom. The highest BCUT2D eigenvalue weighted by Gasteiger charge is 2.22. The van der Waals surface area contributed by atoms with E-state index < -0.39 is 10.8 Å². The fourth-order valence-electron chi connectivity index (χ4n) is 3.65. The number of nitrogens with one attached hydrogen (secondary N) is 2. The number of benzene rings is 2. The number of fused-ring (bicyclic) bond motifs is 1. The Bertz CT molecular complexity index is 1170. The predicted molar refractivity (Wildman–Crippen MR) is 121 cm³/mol. The van der Waals surface area contributed by atoms with Crippen molar-refractivity contribution in [3.05, 3.63) is 52.1 Å². The van der Waals surface area contributed by atoms with Crippen molar-refractivity contribution in [3.8, 4) is 0 Å². The molecule has 0 unspecified atom stereocenters. The average molecular weight is 439 g/mol. The van der Waals surface area contributed by atoms with E-state index in [0.29, 0.717) is 22.0 Å². The van der Waals surface area contributed by atoms with Gasteiger partial charge in [0.25, 0.3) is 11.6 Å². The summed E-state index contributed by atoms with van der Waals surface area (Å²) in [6, 6.07) is 9.69. The van der Waals surface area contributed by atoms with Gasteiger partial charge < -0.3 is 10.2 Å². The van der Waals surface area contributed by atoms with E-state index in [-0.39, 0.29) is 17.2 Å². The number of anilines is 3. The van der Waals surface area contributed by atoms with E-state index in [1.54, 1.807) is 24.3 Å². The molecule has 0 bridgehead atoms. The van der Waals surface area contributed by atoms with Crippen LogP contribution in [0.1, 0.15) is 36.5 Å². The number of nitrogens with zero attached hydrogens (tertiary/aromatic N) is 3. The summed E-state index contributed by atoms with van der Waals surface area (Å²) in [5, 5.41) is 17.2. The summed E-state index contributed by atoms with van der Waals surface area (Å²) < 4.78 is 0.803. The van der Waals surface area contributed by atoms with Gasteiger partial charge in [0.1, 0.15) is 0 Å². The van der Waals surface area contributed by atoms with E-state index in [9.17, 15) is 19.7 Å². The number of aromatic nitrogens is 1. The van der Waals surface area contributed by atoms with Gasteiger partial charge in [0.15, 0.2) is 5.13 Å². The van der Waals surface area contributed by atoms with Gasteiger partial charge in [0.2, 0.25) is 5.91 Å². The fourth-order valence-corrected chi connectivity index (χ4v) is 4.55. The summed E-state index contributed by atoms with van der Waals surface area (Å²) >= 11 is 1.27. The number of carbonyl (C=O) groups excluding carboxylic acids is 2. The van der Waals surface area contributed by atoms with Gasteiger partial charge in [-0.3, -0.25) is 25.0 Å². The topological polar surface area (TPSA) is 117 Å². The minimum absolute atomic E-state index is 0.129. The molecule has 1 fully saturated rings. The van der Waals surface area contributed by atoms with Gasteiger partial charge in [-0.1, -0.05) is 11.3 Å². The molecule has 2 amide bonds. The zero-order valence-electron chi connectivity index (χ0n) is 16.9. The monoisotopic (exact) mass is 439 g/mol. The number of rotatable bonds is 5. The first-order chi connectivity index (χ1) is 14.9. The van der Waals surface area contributed by atoms with Crippen LogP contribution in [0.4, 0.5) is 22.2 Å². The highest BCUT2D eigenvalue weighted by Crippen LogP contribution is 2.31. The molecule has 2 heterocycles. The summed E-state index contributed by atoms with van der Waals surface area (Å²) in [6.07, 6.45) is 3.18. The Labute approximate surface area is 182 Å². The van der Waals surface area contributed by atoms with Crippen LogP contribution in [0.5, 0.6) is 0 Å². The number of hydrogen-bond acceptors (Lipinski definition) is 7. The molecule has 0 saturated carbocycles. The molecule has 0 spiro atoms. The zero-order valence-corrected chi connectivity index (χ0v) is 17.7. The van der Waals surface area contributed by atoms with Gasteiger partial charge in [-0.25, -0.2) is 4.98 Å². The van der Waals surface area contributed by atoms with Crippen molar-refractivity contribution >= 4 is 55.6 Å². The van der Waals surface area contributed by atoms with Crippen molar-refractivity contribution in [2.45, 2.75) is 26.2 Å². The second kappa shape index (κ2) is 8.68. The standard InChI is InChI=1S/C21H21N5O4S/c1-13(27)22-14-5-7-17-19(11-14)31-21(23-17)24-20(28)16-12-15(26(29)30)6-8-18(16)25-9-3-2-4-10-25/h5-8,11-12H,2-4,9-10H2,1H3,(H,22,27)(H,23,24,28). The Kier molecular flexibility index (Phi) is 5.81. The van der Waals surface area contributed by atoms with Crippen LogP contribution in [0.25, 0.3) is 10.2 Å². The number of non-ortho nitro benzene ring substituents is 1. The SMILES string of the molecule is CC(=O)Nc1ccc2nc(NC(=O)c3cc([N+](=O)[O-])ccc3N3CCCCC3)sc2c1. The van der Waals surface area contributed by atoms with Crippen molar-refractivity contribution < 1.29 is 14.5 Å². The van der Waals surface area contributed by atoms with Crippen molar-refractivity contribution in [3.63, 3.8) is 0 Å². The minimum atomic E-state index is -0.502. The lowest BCUT2D eigenvalue weighted by molar-refractivity contribution is -0.384. The third-order valence-electron chi connectivity index (χ3n) is 5.06. The van der Waals surface area contributed by atoms with Gasteiger partial charge in [0.05, 0.1) is 26.4 Å². The van der Waals surface area contributed by atoms with Crippen LogP contribution in [-0.2, 0) is 4.79 Å². The lowest BCUT2D eigenvalue weighted by Gasteiger charge is -2.30. The number of nitro groups is 1. The number of hydrogen-bond donors (Lipinski definition) is 2. The van der Waals surface area contributed by atoms with E-state index in [4.69, 9.17) is 0 Å². The van der Waals surface area contributed by atoms with Gasteiger partial charge in [-0.2, -0.15) is 0 Å². The van der Waals surface area contributed by atoms with Gasteiger partial charge in [-0.05, 0) is 43.5 Å². The highest BCUT2D eigenvalue weighted by molar-refractivity contribution is 7.22. The number of carbonyl (C=O) groups is 2. The van der Waals surface area contributed by atoms with Crippen LogP contribution in [0.3, 0.4) is 0 Å². The van der Waals surface area contributed by atoms with Crippen LogP contribution < -0.4 is 15.5 Å². The number of nitro benzene ring substituents is 1. The molecular weight excluding hydrogens is 418 g/mol. The summed E-state index contributed by atoms with van der Waals surface area (Å²) in [5.74, 6) is -0.612.